The molecule has 0 saturated carbocycles. The molecule has 2 heterocycles. The van der Waals surface area contributed by atoms with Crippen LogP contribution in [0.15, 0.2) is 26.9 Å². The number of pyridine rings is 1. The summed E-state index contributed by atoms with van der Waals surface area (Å²) in [5.41, 5.74) is -0.0770. The standard InChI is InChI=1S/C8H6BrN5O2S/c1-4-11-8(13-12-4)17-7-6(14(15)16)2-5(9)3-10-7/h2-3H,1H3,(H,11,12,13). The third kappa shape index (κ3) is 2.80. The van der Waals surface area contributed by atoms with Crippen LogP contribution in [0.3, 0.4) is 0 Å². The Balaban J connectivity index is 2.35. The second-order valence-electron chi connectivity index (χ2n) is 3.04. The van der Waals surface area contributed by atoms with Gasteiger partial charge in [0, 0.05) is 16.7 Å². The number of rotatable bonds is 3. The molecule has 0 fully saturated rings. The molecule has 0 aliphatic heterocycles. The van der Waals surface area contributed by atoms with Crippen LogP contribution in [0.2, 0.25) is 0 Å². The molecule has 17 heavy (non-hydrogen) atoms. The Morgan fingerprint density at radius 1 is 1.59 bits per heavy atom. The Kier molecular flexibility index (Phi) is 3.38. The maximum Gasteiger partial charge on any atom is 0.302 e. The van der Waals surface area contributed by atoms with Gasteiger partial charge in [-0.1, -0.05) is 0 Å². The summed E-state index contributed by atoms with van der Waals surface area (Å²) < 4.78 is 0.555. The van der Waals surface area contributed by atoms with E-state index < -0.39 is 4.92 Å². The summed E-state index contributed by atoms with van der Waals surface area (Å²) in [6.07, 6.45) is 1.49. The first kappa shape index (κ1) is 12.0. The second-order valence-corrected chi connectivity index (χ2v) is 4.91. The number of nitro groups is 1. The quantitative estimate of drug-likeness (QED) is 0.689. The number of aromatic nitrogens is 4. The minimum absolute atomic E-state index is 0.0770. The lowest BCUT2D eigenvalue weighted by Gasteiger charge is -1.98. The Labute approximate surface area is 108 Å². The molecule has 0 amide bonds. The molecule has 88 valence electrons. The molecule has 0 unspecified atom stereocenters. The third-order valence-corrected chi connectivity index (χ3v) is 3.07. The predicted molar refractivity (Wildman–Crippen MR) is 63.8 cm³/mol. The highest BCUT2D eigenvalue weighted by molar-refractivity contribution is 9.10. The van der Waals surface area contributed by atoms with Crippen molar-refractivity contribution in [3.8, 4) is 0 Å². The summed E-state index contributed by atoms with van der Waals surface area (Å²) in [5.74, 6) is 0.646. The van der Waals surface area contributed by atoms with Crippen molar-refractivity contribution in [2.24, 2.45) is 0 Å². The lowest BCUT2D eigenvalue weighted by Crippen LogP contribution is -1.93. The van der Waals surface area contributed by atoms with Crippen LogP contribution in [-0.2, 0) is 0 Å². The maximum atomic E-state index is 10.9. The summed E-state index contributed by atoms with van der Waals surface area (Å²) in [6, 6.07) is 1.40. The largest absolute Gasteiger partial charge is 0.302 e. The fourth-order valence-electron chi connectivity index (χ4n) is 1.08. The topological polar surface area (TPSA) is 97.6 Å². The molecule has 0 aliphatic rings. The average molecular weight is 316 g/mol. The first-order chi connectivity index (χ1) is 8.06. The number of nitrogens with zero attached hydrogens (tertiary/aromatic N) is 4. The van der Waals surface area contributed by atoms with E-state index in [-0.39, 0.29) is 10.7 Å². The lowest BCUT2D eigenvalue weighted by atomic mass is 10.4. The molecule has 0 aromatic carbocycles. The van der Waals surface area contributed by atoms with Crippen LogP contribution >= 0.6 is 27.7 Å². The number of nitrogens with one attached hydrogen (secondary N) is 1. The molecule has 7 nitrogen and oxygen atoms in total. The highest BCUT2D eigenvalue weighted by atomic mass is 79.9. The lowest BCUT2D eigenvalue weighted by molar-refractivity contribution is -0.388. The minimum Gasteiger partial charge on any atom is -0.262 e. The predicted octanol–water partition coefficient (Wildman–Crippen LogP) is 2.33. The van der Waals surface area contributed by atoms with Crippen LogP contribution in [0.1, 0.15) is 5.82 Å². The van der Waals surface area contributed by atoms with E-state index in [1.54, 1.807) is 6.92 Å². The van der Waals surface area contributed by atoms with Crippen molar-refractivity contribution < 1.29 is 4.92 Å². The fraction of sp³-hybridized carbons (Fsp3) is 0.125. The van der Waals surface area contributed by atoms with Crippen LogP contribution in [0.4, 0.5) is 5.69 Å². The van der Waals surface area contributed by atoms with E-state index in [1.165, 1.54) is 12.3 Å². The number of hydrogen-bond acceptors (Lipinski definition) is 6. The number of halogens is 1. The first-order valence-corrected chi connectivity index (χ1v) is 6.04. The zero-order valence-electron chi connectivity index (χ0n) is 8.55. The summed E-state index contributed by atoms with van der Waals surface area (Å²) in [6.45, 7) is 1.75. The van der Waals surface area contributed by atoms with Crippen molar-refractivity contribution in [3.05, 3.63) is 32.7 Å². The van der Waals surface area contributed by atoms with Gasteiger partial charge < -0.3 is 0 Å². The van der Waals surface area contributed by atoms with Crippen molar-refractivity contribution in [3.63, 3.8) is 0 Å². The zero-order valence-corrected chi connectivity index (χ0v) is 10.9. The van der Waals surface area contributed by atoms with Gasteiger partial charge in [-0.05, 0) is 34.6 Å². The fourth-order valence-corrected chi connectivity index (χ4v) is 2.19. The number of H-pyrrole nitrogens is 1. The van der Waals surface area contributed by atoms with Crippen molar-refractivity contribution in [2.45, 2.75) is 17.1 Å². The molecule has 0 radical (unpaired) electrons. The van der Waals surface area contributed by atoms with Gasteiger partial charge >= 0.3 is 5.69 Å². The molecule has 2 rings (SSSR count). The van der Waals surface area contributed by atoms with Crippen LogP contribution in [0, 0.1) is 17.0 Å². The number of aryl methyl sites for hydroxylation is 1. The van der Waals surface area contributed by atoms with Crippen molar-refractivity contribution in [2.75, 3.05) is 0 Å². The Morgan fingerprint density at radius 3 is 2.94 bits per heavy atom. The molecule has 0 saturated heterocycles. The summed E-state index contributed by atoms with van der Waals surface area (Å²) in [7, 11) is 0. The Hall–Kier alpha value is -1.48. The average Bonchev–Trinajstić information content (AvgIpc) is 2.66. The van der Waals surface area contributed by atoms with Gasteiger partial charge in [-0.2, -0.15) is 0 Å². The molecule has 0 bridgehead atoms. The van der Waals surface area contributed by atoms with Gasteiger partial charge in [0.05, 0.1) is 4.92 Å². The van der Waals surface area contributed by atoms with Gasteiger partial charge in [0.25, 0.3) is 0 Å². The van der Waals surface area contributed by atoms with Gasteiger partial charge in [-0.3, -0.25) is 15.2 Å². The molecule has 9 heteroatoms. The second kappa shape index (κ2) is 4.80. The molecular weight excluding hydrogens is 310 g/mol. The van der Waals surface area contributed by atoms with Crippen molar-refractivity contribution in [1.29, 1.82) is 0 Å². The molecular formula is C8H6BrN5O2S. The Bertz CT molecular complexity index is 573. The number of hydrogen-bond donors (Lipinski definition) is 1. The van der Waals surface area contributed by atoms with E-state index in [4.69, 9.17) is 0 Å². The number of aromatic amines is 1. The molecule has 0 spiro atoms. The van der Waals surface area contributed by atoms with E-state index in [0.717, 1.165) is 11.8 Å². The normalized spacial score (nSPS) is 10.5. The molecule has 2 aromatic rings. The van der Waals surface area contributed by atoms with Crippen LogP contribution in [-0.4, -0.2) is 25.1 Å². The van der Waals surface area contributed by atoms with E-state index >= 15 is 0 Å². The van der Waals surface area contributed by atoms with E-state index in [1.807, 2.05) is 0 Å². The van der Waals surface area contributed by atoms with Crippen LogP contribution in [0.25, 0.3) is 0 Å². The molecule has 0 atom stereocenters. The molecule has 2 aromatic heterocycles. The van der Waals surface area contributed by atoms with Crippen LogP contribution in [0.5, 0.6) is 0 Å². The van der Waals surface area contributed by atoms with E-state index in [2.05, 4.69) is 36.1 Å². The minimum atomic E-state index is -0.487. The first-order valence-electron chi connectivity index (χ1n) is 4.43. The zero-order chi connectivity index (χ0) is 12.4. The van der Waals surface area contributed by atoms with Crippen molar-refractivity contribution in [1.82, 2.24) is 20.2 Å². The molecule has 0 aliphatic carbocycles. The molecule has 1 N–H and O–H groups in total. The SMILES string of the molecule is Cc1nc(Sc2ncc(Br)cc2[N+](=O)[O-])n[nH]1. The Morgan fingerprint density at radius 2 is 2.35 bits per heavy atom. The van der Waals surface area contributed by atoms with Crippen molar-refractivity contribution >= 4 is 33.4 Å². The van der Waals surface area contributed by atoms with Crippen LogP contribution < -0.4 is 0 Å². The van der Waals surface area contributed by atoms with Gasteiger partial charge in [0.15, 0.2) is 5.03 Å². The monoisotopic (exact) mass is 315 g/mol. The van der Waals surface area contributed by atoms with Gasteiger partial charge in [0.1, 0.15) is 5.82 Å². The van der Waals surface area contributed by atoms with E-state index in [9.17, 15) is 10.1 Å². The summed E-state index contributed by atoms with van der Waals surface area (Å²) in [5, 5.41) is 18.1. The smallest absolute Gasteiger partial charge is 0.262 e. The summed E-state index contributed by atoms with van der Waals surface area (Å²) in [4.78, 5) is 18.4. The van der Waals surface area contributed by atoms with Gasteiger partial charge in [-0.15, -0.1) is 5.10 Å². The van der Waals surface area contributed by atoms with Gasteiger partial charge in [0.2, 0.25) is 5.16 Å². The highest BCUT2D eigenvalue weighted by Crippen LogP contribution is 2.32. The third-order valence-electron chi connectivity index (χ3n) is 1.76. The summed E-state index contributed by atoms with van der Waals surface area (Å²) >= 11 is 4.19. The van der Waals surface area contributed by atoms with Gasteiger partial charge in [-0.25, -0.2) is 9.97 Å². The van der Waals surface area contributed by atoms with E-state index in [0.29, 0.717) is 15.5 Å². The highest BCUT2D eigenvalue weighted by Gasteiger charge is 2.18. The maximum absolute atomic E-state index is 10.9.